The lowest BCUT2D eigenvalue weighted by molar-refractivity contribution is -0.138. The molecule has 0 aliphatic rings. The molecular formula is C8H8FNO2. The van der Waals surface area contributed by atoms with E-state index in [4.69, 9.17) is 5.11 Å². The number of halogens is 1. The third-order valence-electron chi connectivity index (χ3n) is 1.57. The molecule has 0 aliphatic heterocycles. The van der Waals surface area contributed by atoms with Crippen molar-refractivity contribution >= 4 is 5.97 Å². The number of aliphatic carboxylic acids is 1. The topological polar surface area (TPSA) is 50.2 Å². The highest BCUT2D eigenvalue weighted by Gasteiger charge is 2.18. The number of nitrogens with zero attached hydrogens (tertiary/aromatic N) is 1. The monoisotopic (exact) mass is 169 g/mol. The molecule has 1 N–H and O–H groups in total. The van der Waals surface area contributed by atoms with Gasteiger partial charge in [0.05, 0.1) is 11.6 Å². The Balaban J connectivity index is 3.02. The van der Waals surface area contributed by atoms with E-state index in [1.807, 2.05) is 0 Å². The third kappa shape index (κ3) is 1.58. The highest BCUT2D eigenvalue weighted by molar-refractivity contribution is 5.74. The summed E-state index contributed by atoms with van der Waals surface area (Å²) in [6, 6.07) is 2.62. The minimum Gasteiger partial charge on any atom is -0.481 e. The first-order chi connectivity index (χ1) is 5.63. The van der Waals surface area contributed by atoms with Gasteiger partial charge in [0.25, 0.3) is 0 Å². The number of pyridine rings is 1. The predicted octanol–water partition coefficient (Wildman–Crippen LogP) is 1.41. The molecule has 64 valence electrons. The van der Waals surface area contributed by atoms with Crippen LogP contribution < -0.4 is 0 Å². The molecule has 0 saturated heterocycles. The molecule has 1 aromatic heterocycles. The minimum absolute atomic E-state index is 0.0231. The molecule has 0 amide bonds. The van der Waals surface area contributed by atoms with Gasteiger partial charge in [0.1, 0.15) is 5.82 Å². The van der Waals surface area contributed by atoms with Crippen LogP contribution in [0.1, 0.15) is 18.5 Å². The molecule has 0 aliphatic carbocycles. The van der Waals surface area contributed by atoms with Gasteiger partial charge in [-0.25, -0.2) is 4.39 Å². The number of hydrogen-bond donors (Lipinski definition) is 1. The third-order valence-corrected chi connectivity index (χ3v) is 1.57. The largest absolute Gasteiger partial charge is 0.481 e. The van der Waals surface area contributed by atoms with Gasteiger partial charge in [0.2, 0.25) is 0 Å². The van der Waals surface area contributed by atoms with Gasteiger partial charge in [-0.15, -0.1) is 0 Å². The standard InChI is InChI=1S/C8H8FNO2/c1-5(8(11)12)7-6(9)3-2-4-10-7/h2-5H,1H3,(H,11,12). The average Bonchev–Trinajstić information content (AvgIpc) is 2.04. The second kappa shape index (κ2) is 3.30. The summed E-state index contributed by atoms with van der Waals surface area (Å²) >= 11 is 0. The number of carboxylic acids is 1. The zero-order valence-corrected chi connectivity index (χ0v) is 6.49. The zero-order valence-electron chi connectivity index (χ0n) is 6.49. The van der Waals surface area contributed by atoms with Crippen LogP contribution in [-0.4, -0.2) is 16.1 Å². The molecule has 4 heteroatoms. The normalized spacial score (nSPS) is 12.5. The van der Waals surface area contributed by atoms with E-state index in [9.17, 15) is 9.18 Å². The summed E-state index contributed by atoms with van der Waals surface area (Å²) in [7, 11) is 0. The van der Waals surface area contributed by atoms with Gasteiger partial charge in [0.15, 0.2) is 0 Å². The van der Waals surface area contributed by atoms with Crippen LogP contribution in [0.3, 0.4) is 0 Å². The summed E-state index contributed by atoms with van der Waals surface area (Å²) < 4.78 is 12.9. The molecule has 0 radical (unpaired) electrons. The fraction of sp³-hybridized carbons (Fsp3) is 0.250. The van der Waals surface area contributed by atoms with Gasteiger partial charge in [-0.3, -0.25) is 9.78 Å². The maximum Gasteiger partial charge on any atom is 0.312 e. The van der Waals surface area contributed by atoms with Crippen molar-refractivity contribution < 1.29 is 14.3 Å². The van der Waals surface area contributed by atoms with Crippen molar-refractivity contribution in [2.45, 2.75) is 12.8 Å². The van der Waals surface area contributed by atoms with E-state index < -0.39 is 17.7 Å². The van der Waals surface area contributed by atoms with Gasteiger partial charge in [-0.05, 0) is 19.1 Å². The van der Waals surface area contributed by atoms with Crippen LogP contribution in [0.5, 0.6) is 0 Å². The van der Waals surface area contributed by atoms with Crippen LogP contribution in [0, 0.1) is 5.82 Å². The maximum absolute atomic E-state index is 12.9. The lowest BCUT2D eigenvalue weighted by Crippen LogP contribution is -2.10. The van der Waals surface area contributed by atoms with Crippen molar-refractivity contribution in [3.05, 3.63) is 29.8 Å². The van der Waals surface area contributed by atoms with E-state index in [-0.39, 0.29) is 5.69 Å². The summed E-state index contributed by atoms with van der Waals surface area (Å²) in [5.41, 5.74) is -0.0231. The highest BCUT2D eigenvalue weighted by atomic mass is 19.1. The van der Waals surface area contributed by atoms with Crippen molar-refractivity contribution in [2.24, 2.45) is 0 Å². The van der Waals surface area contributed by atoms with E-state index in [0.717, 1.165) is 0 Å². The van der Waals surface area contributed by atoms with Gasteiger partial charge in [-0.2, -0.15) is 0 Å². The second-order valence-corrected chi connectivity index (χ2v) is 2.43. The van der Waals surface area contributed by atoms with E-state index >= 15 is 0 Å². The fourth-order valence-electron chi connectivity index (χ4n) is 0.833. The quantitative estimate of drug-likeness (QED) is 0.728. The number of hydrogen-bond acceptors (Lipinski definition) is 2. The van der Waals surface area contributed by atoms with Crippen molar-refractivity contribution in [3.63, 3.8) is 0 Å². The second-order valence-electron chi connectivity index (χ2n) is 2.43. The Morgan fingerprint density at radius 3 is 2.92 bits per heavy atom. The SMILES string of the molecule is CC(C(=O)O)c1ncccc1F. The van der Waals surface area contributed by atoms with E-state index in [1.165, 1.54) is 25.3 Å². The lowest BCUT2D eigenvalue weighted by Gasteiger charge is -2.04. The van der Waals surface area contributed by atoms with Crippen LogP contribution in [0.4, 0.5) is 4.39 Å². The molecule has 1 heterocycles. The van der Waals surface area contributed by atoms with E-state index in [0.29, 0.717) is 0 Å². The first-order valence-electron chi connectivity index (χ1n) is 3.46. The first-order valence-corrected chi connectivity index (χ1v) is 3.46. The van der Waals surface area contributed by atoms with Gasteiger partial charge in [-0.1, -0.05) is 0 Å². The molecule has 1 atom stereocenters. The Kier molecular flexibility index (Phi) is 2.38. The van der Waals surface area contributed by atoms with Crippen LogP contribution >= 0.6 is 0 Å². The number of carboxylic acid groups (broad SMARTS) is 1. The Morgan fingerprint density at radius 1 is 1.75 bits per heavy atom. The Morgan fingerprint density at radius 2 is 2.42 bits per heavy atom. The molecule has 1 rings (SSSR count). The Bertz CT molecular complexity index is 301. The molecule has 0 saturated carbocycles. The van der Waals surface area contributed by atoms with Gasteiger partial charge >= 0.3 is 5.97 Å². The van der Waals surface area contributed by atoms with E-state index in [1.54, 1.807) is 0 Å². The van der Waals surface area contributed by atoms with Crippen molar-refractivity contribution in [1.29, 1.82) is 0 Å². The summed E-state index contributed by atoms with van der Waals surface area (Å²) in [5, 5.41) is 8.55. The number of aromatic nitrogens is 1. The number of rotatable bonds is 2. The van der Waals surface area contributed by atoms with E-state index in [2.05, 4.69) is 4.98 Å². The fourth-order valence-corrected chi connectivity index (χ4v) is 0.833. The van der Waals surface area contributed by atoms with Crippen LogP contribution in [0.25, 0.3) is 0 Å². The van der Waals surface area contributed by atoms with Crippen LogP contribution in [0.15, 0.2) is 18.3 Å². The summed E-state index contributed by atoms with van der Waals surface area (Å²) in [6.07, 6.45) is 1.37. The lowest BCUT2D eigenvalue weighted by atomic mass is 10.1. The number of carbonyl (C=O) groups is 1. The zero-order chi connectivity index (χ0) is 9.14. The van der Waals surface area contributed by atoms with Crippen LogP contribution in [-0.2, 0) is 4.79 Å². The minimum atomic E-state index is -1.08. The summed E-state index contributed by atoms with van der Waals surface area (Å²) in [4.78, 5) is 14.1. The van der Waals surface area contributed by atoms with Crippen LogP contribution in [0.2, 0.25) is 0 Å². The Labute approximate surface area is 68.9 Å². The smallest absolute Gasteiger partial charge is 0.312 e. The summed E-state index contributed by atoms with van der Waals surface area (Å²) in [5.74, 6) is -2.55. The van der Waals surface area contributed by atoms with Gasteiger partial charge in [0, 0.05) is 6.20 Å². The first kappa shape index (κ1) is 8.64. The maximum atomic E-state index is 12.9. The molecule has 3 nitrogen and oxygen atoms in total. The molecule has 12 heavy (non-hydrogen) atoms. The molecule has 1 aromatic rings. The highest BCUT2D eigenvalue weighted by Crippen LogP contribution is 2.15. The molecule has 0 aromatic carbocycles. The molecule has 0 fully saturated rings. The van der Waals surface area contributed by atoms with Gasteiger partial charge < -0.3 is 5.11 Å². The van der Waals surface area contributed by atoms with Crippen molar-refractivity contribution in [2.75, 3.05) is 0 Å². The Hall–Kier alpha value is -1.45. The molecule has 0 bridgehead atoms. The molecule has 1 unspecified atom stereocenters. The predicted molar refractivity (Wildman–Crippen MR) is 40.2 cm³/mol. The molecule has 0 spiro atoms. The average molecular weight is 169 g/mol. The summed E-state index contributed by atoms with van der Waals surface area (Å²) in [6.45, 7) is 1.40. The van der Waals surface area contributed by atoms with Crippen molar-refractivity contribution in [3.8, 4) is 0 Å². The van der Waals surface area contributed by atoms with Crippen molar-refractivity contribution in [1.82, 2.24) is 4.98 Å². The molecular weight excluding hydrogens is 161 g/mol.